The van der Waals surface area contributed by atoms with Gasteiger partial charge in [0.1, 0.15) is 6.54 Å². The first-order valence-electron chi connectivity index (χ1n) is 11.5. The lowest BCUT2D eigenvalue weighted by molar-refractivity contribution is 0.0520. The maximum Gasteiger partial charge on any atom is 0.359 e. The number of nitrogens with zero attached hydrogens (tertiary/aromatic N) is 2. The molecule has 1 heterocycles. The number of ether oxygens (including phenoxy) is 1. The van der Waals surface area contributed by atoms with Gasteiger partial charge in [-0.2, -0.15) is 5.10 Å². The summed E-state index contributed by atoms with van der Waals surface area (Å²) in [6.45, 7) is 2.20. The molecule has 0 spiro atoms. The minimum atomic E-state index is -0.448. The number of fused-ring (bicyclic) bond motifs is 4. The lowest BCUT2D eigenvalue weighted by Gasteiger charge is -2.27. The predicted molar refractivity (Wildman–Crippen MR) is 120 cm³/mol. The molecule has 2 aliphatic carbocycles. The van der Waals surface area contributed by atoms with Gasteiger partial charge in [0.25, 0.3) is 0 Å². The Balaban J connectivity index is 1.54. The van der Waals surface area contributed by atoms with Crippen molar-refractivity contribution in [3.8, 4) is 0 Å². The Labute approximate surface area is 182 Å². The van der Waals surface area contributed by atoms with Gasteiger partial charge in [-0.1, -0.05) is 18.2 Å². The number of Topliss-reactive ketones (excluding diaryl/α,β-unsaturated/α-hetero) is 1. The summed E-state index contributed by atoms with van der Waals surface area (Å²) in [5, 5.41) is 5.22. The van der Waals surface area contributed by atoms with Gasteiger partial charge in [-0.15, -0.1) is 0 Å². The molecule has 0 fully saturated rings. The standard InChI is InChI=1S/C26H28N2O3/c1-2-31-26(30)25-21-13-7-8-14-23(21)28(27-25)16-24(29)22-15-17-9-3-4-10-18(17)19-11-5-6-12-20(19)22/h7-8,13-15H,2-6,9-12,16H2,1H3. The largest absolute Gasteiger partial charge is 0.461 e. The van der Waals surface area contributed by atoms with Crippen LogP contribution < -0.4 is 0 Å². The maximum atomic E-state index is 13.5. The number of carbonyl (C=O) groups is 2. The number of benzene rings is 2. The van der Waals surface area contributed by atoms with E-state index in [4.69, 9.17) is 4.74 Å². The molecule has 0 N–H and O–H groups in total. The van der Waals surface area contributed by atoms with E-state index in [1.807, 2.05) is 24.3 Å². The Hall–Kier alpha value is -2.95. The third kappa shape index (κ3) is 3.56. The molecule has 0 saturated carbocycles. The highest BCUT2D eigenvalue weighted by Gasteiger charge is 2.26. The van der Waals surface area contributed by atoms with Gasteiger partial charge in [-0.3, -0.25) is 9.48 Å². The fraction of sp³-hybridized carbons (Fsp3) is 0.423. The molecule has 0 radical (unpaired) electrons. The van der Waals surface area contributed by atoms with Crippen molar-refractivity contribution in [1.29, 1.82) is 0 Å². The number of aromatic nitrogens is 2. The highest BCUT2D eigenvalue weighted by Crippen LogP contribution is 2.35. The van der Waals surface area contributed by atoms with Crippen molar-refractivity contribution in [1.82, 2.24) is 9.78 Å². The van der Waals surface area contributed by atoms with E-state index < -0.39 is 5.97 Å². The number of ketones is 1. The summed E-state index contributed by atoms with van der Waals surface area (Å²) >= 11 is 0. The summed E-state index contributed by atoms with van der Waals surface area (Å²) in [5.41, 5.74) is 7.53. The molecule has 0 bridgehead atoms. The molecule has 5 rings (SSSR count). The normalized spacial score (nSPS) is 15.4. The average molecular weight is 417 g/mol. The quantitative estimate of drug-likeness (QED) is 0.440. The van der Waals surface area contributed by atoms with Gasteiger partial charge in [0.15, 0.2) is 11.5 Å². The van der Waals surface area contributed by atoms with Gasteiger partial charge in [-0.05, 0) is 92.7 Å². The second-order valence-corrected chi connectivity index (χ2v) is 8.60. The summed E-state index contributed by atoms with van der Waals surface area (Å²) in [6.07, 6.45) is 9.11. The van der Waals surface area contributed by atoms with Crippen LogP contribution in [0.2, 0.25) is 0 Å². The molecule has 5 heteroatoms. The van der Waals surface area contributed by atoms with E-state index >= 15 is 0 Å². The molecule has 3 aromatic rings. The van der Waals surface area contributed by atoms with Crippen LogP contribution in [0, 0.1) is 0 Å². The van der Waals surface area contributed by atoms with Crippen molar-refractivity contribution in [2.75, 3.05) is 6.61 Å². The van der Waals surface area contributed by atoms with E-state index in [9.17, 15) is 9.59 Å². The van der Waals surface area contributed by atoms with Crippen LogP contribution >= 0.6 is 0 Å². The van der Waals surface area contributed by atoms with Crippen molar-refractivity contribution < 1.29 is 14.3 Å². The highest BCUT2D eigenvalue weighted by molar-refractivity contribution is 6.03. The van der Waals surface area contributed by atoms with Crippen LogP contribution in [0.3, 0.4) is 0 Å². The summed E-state index contributed by atoms with van der Waals surface area (Å²) in [7, 11) is 0. The molecule has 0 amide bonds. The zero-order valence-electron chi connectivity index (χ0n) is 18.1. The number of hydrogen-bond acceptors (Lipinski definition) is 4. The monoisotopic (exact) mass is 416 g/mol. The predicted octanol–water partition coefficient (Wildman–Crippen LogP) is 4.85. The summed E-state index contributed by atoms with van der Waals surface area (Å²) in [5.74, 6) is -0.369. The average Bonchev–Trinajstić information content (AvgIpc) is 3.17. The summed E-state index contributed by atoms with van der Waals surface area (Å²) in [6, 6.07) is 9.70. The molecular weight excluding hydrogens is 388 g/mol. The minimum absolute atomic E-state index is 0.0789. The van der Waals surface area contributed by atoms with E-state index in [0.717, 1.165) is 48.6 Å². The Bertz CT molecular complexity index is 1180. The Kier molecular flexibility index (Phi) is 5.34. The molecule has 5 nitrogen and oxygen atoms in total. The van der Waals surface area contributed by atoms with Crippen LogP contribution in [-0.2, 0) is 37.0 Å². The van der Waals surface area contributed by atoms with Crippen LogP contribution in [0.5, 0.6) is 0 Å². The van der Waals surface area contributed by atoms with Gasteiger partial charge in [0.05, 0.1) is 12.1 Å². The van der Waals surface area contributed by atoms with Gasteiger partial charge >= 0.3 is 5.97 Å². The van der Waals surface area contributed by atoms with Crippen LogP contribution in [0.1, 0.15) is 75.7 Å². The lowest BCUT2D eigenvalue weighted by atomic mass is 9.77. The van der Waals surface area contributed by atoms with Crippen LogP contribution in [-0.4, -0.2) is 28.1 Å². The van der Waals surface area contributed by atoms with Crippen molar-refractivity contribution in [2.45, 2.75) is 64.8 Å². The molecule has 0 saturated heterocycles. The van der Waals surface area contributed by atoms with E-state index in [-0.39, 0.29) is 18.0 Å². The summed E-state index contributed by atoms with van der Waals surface area (Å²) in [4.78, 5) is 25.9. The van der Waals surface area contributed by atoms with E-state index in [1.165, 1.54) is 41.5 Å². The first kappa shape index (κ1) is 20.0. The minimum Gasteiger partial charge on any atom is -0.461 e. The molecule has 2 aromatic carbocycles. The SMILES string of the molecule is CCOC(=O)c1nn(CC(=O)c2cc3c(c4c2CCCC4)CCCC3)c2ccccc12. The zero-order chi connectivity index (χ0) is 21.4. The number of para-hydroxylation sites is 1. The molecule has 2 aliphatic rings. The Morgan fingerprint density at radius 1 is 0.968 bits per heavy atom. The summed E-state index contributed by atoms with van der Waals surface area (Å²) < 4.78 is 6.84. The first-order valence-corrected chi connectivity index (χ1v) is 11.5. The fourth-order valence-corrected chi connectivity index (χ4v) is 5.30. The Morgan fingerprint density at radius 2 is 1.68 bits per heavy atom. The molecule has 0 atom stereocenters. The highest BCUT2D eigenvalue weighted by atomic mass is 16.5. The molecule has 160 valence electrons. The third-order valence-electron chi connectivity index (χ3n) is 6.71. The van der Waals surface area contributed by atoms with Gasteiger partial charge in [-0.25, -0.2) is 4.79 Å². The van der Waals surface area contributed by atoms with Crippen molar-refractivity contribution in [2.24, 2.45) is 0 Å². The number of aryl methyl sites for hydroxylation is 1. The topological polar surface area (TPSA) is 61.2 Å². The molecular formula is C26H28N2O3. The number of hydrogen-bond donors (Lipinski definition) is 0. The van der Waals surface area contributed by atoms with Gasteiger partial charge in [0.2, 0.25) is 0 Å². The third-order valence-corrected chi connectivity index (χ3v) is 6.71. The smallest absolute Gasteiger partial charge is 0.359 e. The lowest BCUT2D eigenvalue weighted by Crippen LogP contribution is -2.20. The number of esters is 1. The van der Waals surface area contributed by atoms with E-state index in [0.29, 0.717) is 6.61 Å². The second-order valence-electron chi connectivity index (χ2n) is 8.60. The first-order chi connectivity index (χ1) is 15.2. The molecule has 0 unspecified atom stereocenters. The second kappa shape index (κ2) is 8.29. The molecule has 31 heavy (non-hydrogen) atoms. The molecule has 0 aliphatic heterocycles. The van der Waals surface area contributed by atoms with Crippen molar-refractivity contribution >= 4 is 22.7 Å². The van der Waals surface area contributed by atoms with Gasteiger partial charge < -0.3 is 4.74 Å². The van der Waals surface area contributed by atoms with E-state index in [1.54, 1.807) is 11.6 Å². The number of rotatable bonds is 5. The van der Waals surface area contributed by atoms with Crippen molar-refractivity contribution in [3.63, 3.8) is 0 Å². The van der Waals surface area contributed by atoms with Crippen LogP contribution in [0.25, 0.3) is 10.9 Å². The van der Waals surface area contributed by atoms with E-state index in [2.05, 4.69) is 11.2 Å². The van der Waals surface area contributed by atoms with Crippen molar-refractivity contribution in [3.05, 3.63) is 63.8 Å². The van der Waals surface area contributed by atoms with Gasteiger partial charge in [0, 0.05) is 10.9 Å². The zero-order valence-corrected chi connectivity index (χ0v) is 18.1. The molecule has 1 aromatic heterocycles. The van der Waals surface area contributed by atoms with Crippen LogP contribution in [0.4, 0.5) is 0 Å². The Morgan fingerprint density at radius 3 is 2.48 bits per heavy atom. The van der Waals surface area contributed by atoms with Crippen LogP contribution in [0.15, 0.2) is 30.3 Å². The maximum absolute atomic E-state index is 13.5. The number of carbonyl (C=O) groups excluding carboxylic acids is 2. The fourth-order valence-electron chi connectivity index (χ4n) is 5.30.